The van der Waals surface area contributed by atoms with Gasteiger partial charge in [0.25, 0.3) is 15.9 Å². The number of anilines is 1. The van der Waals surface area contributed by atoms with Crippen LogP contribution in [0.4, 0.5) is 5.69 Å². The van der Waals surface area contributed by atoms with Crippen molar-refractivity contribution in [3.8, 4) is 0 Å². The average molecular weight is 479 g/mol. The summed E-state index contributed by atoms with van der Waals surface area (Å²) in [7, 11) is -3.88. The van der Waals surface area contributed by atoms with Crippen molar-refractivity contribution in [1.82, 2.24) is 5.48 Å². The molecule has 4 aromatic carbocycles. The van der Waals surface area contributed by atoms with Crippen molar-refractivity contribution >= 4 is 49.6 Å². The molecule has 0 saturated heterocycles. The van der Waals surface area contributed by atoms with Crippen LogP contribution in [0.1, 0.15) is 11.1 Å². The van der Waals surface area contributed by atoms with Gasteiger partial charge in [-0.2, -0.15) is 0 Å². The van der Waals surface area contributed by atoms with Crippen molar-refractivity contribution < 1.29 is 18.4 Å². The van der Waals surface area contributed by atoms with Crippen LogP contribution in [0, 0.1) is 0 Å². The summed E-state index contributed by atoms with van der Waals surface area (Å²) in [5.74, 6) is -0.743. The quantitative estimate of drug-likeness (QED) is 0.201. The molecular weight excluding hydrogens is 460 g/mol. The summed E-state index contributed by atoms with van der Waals surface area (Å²) in [5, 5.41) is 11.0. The third-order valence-electron chi connectivity index (χ3n) is 5.01. The predicted molar refractivity (Wildman–Crippen MR) is 130 cm³/mol. The molecule has 0 heterocycles. The molecule has 0 aliphatic carbocycles. The highest BCUT2D eigenvalue weighted by Gasteiger charge is 2.17. The van der Waals surface area contributed by atoms with E-state index in [1.807, 2.05) is 30.3 Å². The number of hydrogen-bond acceptors (Lipinski definition) is 4. The van der Waals surface area contributed by atoms with Crippen LogP contribution in [0.25, 0.3) is 16.3 Å². The normalized spacial score (nSPS) is 11.9. The largest absolute Gasteiger partial charge is 0.288 e. The predicted octanol–water partition coefficient (Wildman–Crippen LogP) is 5.23. The van der Waals surface area contributed by atoms with Crippen LogP contribution >= 0.6 is 11.6 Å². The van der Waals surface area contributed by atoms with Gasteiger partial charge in [-0.25, -0.2) is 13.9 Å². The molecular formula is C25H19ClN2O4S. The van der Waals surface area contributed by atoms with E-state index in [1.54, 1.807) is 66.1 Å². The molecule has 0 spiro atoms. The SMILES string of the molecule is O=C(C=C(c1ccccc1)c1cc(NS(=O)(=O)c2ccc3ccccc3c2)ccc1Cl)NO. The Balaban J connectivity index is 1.74. The number of hydroxylamine groups is 1. The maximum absolute atomic E-state index is 13.0. The first-order chi connectivity index (χ1) is 15.9. The summed E-state index contributed by atoms with van der Waals surface area (Å²) in [6.07, 6.45) is 1.19. The molecule has 0 saturated carbocycles. The number of benzene rings is 4. The van der Waals surface area contributed by atoms with E-state index >= 15 is 0 Å². The Bertz CT molecular complexity index is 1470. The first-order valence-corrected chi connectivity index (χ1v) is 11.8. The van der Waals surface area contributed by atoms with Crippen LogP contribution in [0.2, 0.25) is 5.02 Å². The molecule has 0 aliphatic heterocycles. The fraction of sp³-hybridized carbons (Fsp3) is 0. The van der Waals surface area contributed by atoms with Gasteiger partial charge in [0.1, 0.15) is 0 Å². The van der Waals surface area contributed by atoms with Crippen molar-refractivity contribution in [2.24, 2.45) is 0 Å². The monoisotopic (exact) mass is 478 g/mol. The summed E-state index contributed by atoms with van der Waals surface area (Å²) in [6, 6.07) is 26.0. The van der Waals surface area contributed by atoms with E-state index in [9.17, 15) is 13.2 Å². The Kier molecular flexibility index (Phi) is 6.46. The molecule has 33 heavy (non-hydrogen) atoms. The topological polar surface area (TPSA) is 95.5 Å². The van der Waals surface area contributed by atoms with Gasteiger partial charge in [0.05, 0.1) is 4.90 Å². The van der Waals surface area contributed by atoms with E-state index in [1.165, 1.54) is 6.08 Å². The second kappa shape index (κ2) is 9.46. The first-order valence-electron chi connectivity index (χ1n) is 9.90. The number of amides is 1. The van der Waals surface area contributed by atoms with E-state index in [-0.39, 0.29) is 10.6 Å². The Hall–Kier alpha value is -3.65. The van der Waals surface area contributed by atoms with Crippen molar-refractivity contribution in [1.29, 1.82) is 0 Å². The van der Waals surface area contributed by atoms with Crippen molar-refractivity contribution in [2.75, 3.05) is 4.72 Å². The lowest BCUT2D eigenvalue weighted by Crippen LogP contribution is -2.16. The highest BCUT2D eigenvalue weighted by molar-refractivity contribution is 7.92. The summed E-state index contributed by atoms with van der Waals surface area (Å²) in [6.45, 7) is 0. The standard InChI is InChI=1S/C25H19ClN2O4S/c26-24-13-11-20(15-23(24)22(16-25(29)27-30)18-7-2-1-3-8-18)28-33(31,32)21-12-10-17-6-4-5-9-19(17)14-21/h1-16,28,30H,(H,27,29). The van der Waals surface area contributed by atoms with Gasteiger partial charge in [0.2, 0.25) is 0 Å². The highest BCUT2D eigenvalue weighted by Crippen LogP contribution is 2.32. The van der Waals surface area contributed by atoms with Crippen molar-refractivity contribution in [3.05, 3.63) is 113 Å². The van der Waals surface area contributed by atoms with Crippen LogP contribution in [0.5, 0.6) is 0 Å². The van der Waals surface area contributed by atoms with Gasteiger partial charge in [-0.3, -0.25) is 14.7 Å². The summed E-state index contributed by atoms with van der Waals surface area (Å²) >= 11 is 6.41. The Labute approximate surface area is 196 Å². The van der Waals surface area contributed by atoms with E-state index in [4.69, 9.17) is 16.8 Å². The minimum absolute atomic E-state index is 0.121. The third kappa shape index (κ3) is 5.06. The number of carbonyl (C=O) groups is 1. The van der Waals surface area contributed by atoms with E-state index < -0.39 is 15.9 Å². The number of fused-ring (bicyclic) bond motifs is 1. The maximum Gasteiger partial charge on any atom is 0.267 e. The number of carbonyl (C=O) groups excluding carboxylic acids is 1. The molecule has 8 heteroatoms. The average Bonchev–Trinajstić information content (AvgIpc) is 2.83. The molecule has 4 aromatic rings. The van der Waals surface area contributed by atoms with Crippen LogP contribution in [-0.4, -0.2) is 19.5 Å². The number of sulfonamides is 1. The summed E-state index contributed by atoms with van der Waals surface area (Å²) in [4.78, 5) is 12.0. The molecule has 0 atom stereocenters. The molecule has 6 nitrogen and oxygen atoms in total. The van der Waals surface area contributed by atoms with Gasteiger partial charge >= 0.3 is 0 Å². The zero-order valence-electron chi connectivity index (χ0n) is 17.2. The fourth-order valence-corrected chi connectivity index (χ4v) is 4.75. The Morgan fingerprint density at radius 1 is 0.848 bits per heavy atom. The van der Waals surface area contributed by atoms with Gasteiger partial charge < -0.3 is 0 Å². The maximum atomic E-state index is 13.0. The molecule has 0 radical (unpaired) electrons. The second-order valence-corrected chi connectivity index (χ2v) is 9.30. The lowest BCUT2D eigenvalue weighted by molar-refractivity contribution is -0.124. The molecule has 0 bridgehead atoms. The Morgan fingerprint density at radius 2 is 1.55 bits per heavy atom. The van der Waals surface area contributed by atoms with E-state index in [0.717, 1.165) is 10.8 Å². The second-order valence-electron chi connectivity index (χ2n) is 7.21. The van der Waals surface area contributed by atoms with Crippen molar-refractivity contribution in [3.63, 3.8) is 0 Å². The van der Waals surface area contributed by atoms with Crippen molar-refractivity contribution in [2.45, 2.75) is 4.90 Å². The third-order valence-corrected chi connectivity index (χ3v) is 6.72. The van der Waals surface area contributed by atoms with Crippen LogP contribution in [0.3, 0.4) is 0 Å². The molecule has 0 fully saturated rings. The number of hydrogen-bond donors (Lipinski definition) is 3. The zero-order valence-corrected chi connectivity index (χ0v) is 18.8. The number of halogens is 1. The lowest BCUT2D eigenvalue weighted by Gasteiger charge is -2.14. The van der Waals surface area contributed by atoms with Gasteiger partial charge in [0.15, 0.2) is 0 Å². The number of nitrogens with one attached hydrogen (secondary N) is 2. The molecule has 0 aliphatic rings. The van der Waals surface area contributed by atoms with Crippen LogP contribution < -0.4 is 10.2 Å². The molecule has 166 valence electrons. The highest BCUT2D eigenvalue weighted by atomic mass is 35.5. The van der Waals surface area contributed by atoms with E-state index in [2.05, 4.69) is 4.72 Å². The van der Waals surface area contributed by atoms with Gasteiger partial charge in [0, 0.05) is 22.3 Å². The van der Waals surface area contributed by atoms with Gasteiger partial charge in [-0.15, -0.1) is 0 Å². The minimum Gasteiger partial charge on any atom is -0.288 e. The molecule has 4 rings (SSSR count). The zero-order chi connectivity index (χ0) is 23.4. The molecule has 1 amide bonds. The van der Waals surface area contributed by atoms with Crippen LogP contribution in [0.15, 0.2) is 102 Å². The summed E-state index contributed by atoms with van der Waals surface area (Å²) in [5.41, 5.74) is 3.35. The molecule has 0 unspecified atom stereocenters. The smallest absolute Gasteiger partial charge is 0.267 e. The first kappa shape index (κ1) is 22.5. The van der Waals surface area contributed by atoms with E-state index in [0.29, 0.717) is 21.7 Å². The molecule has 0 aromatic heterocycles. The Morgan fingerprint density at radius 3 is 2.27 bits per heavy atom. The fourth-order valence-electron chi connectivity index (χ4n) is 3.44. The summed E-state index contributed by atoms with van der Waals surface area (Å²) < 4.78 is 28.7. The molecule has 3 N–H and O–H groups in total. The lowest BCUT2D eigenvalue weighted by atomic mass is 9.97. The van der Waals surface area contributed by atoms with Gasteiger partial charge in [-0.1, -0.05) is 72.3 Å². The van der Waals surface area contributed by atoms with Crippen LogP contribution in [-0.2, 0) is 14.8 Å². The number of rotatable bonds is 6. The minimum atomic E-state index is -3.88. The van der Waals surface area contributed by atoms with Gasteiger partial charge in [-0.05, 0) is 52.2 Å².